The molecule has 0 aliphatic carbocycles. The molecule has 1 aromatic carbocycles. The van der Waals surface area contributed by atoms with E-state index in [1.54, 1.807) is 0 Å². The van der Waals surface area contributed by atoms with Gasteiger partial charge in [-0.05, 0) is 0 Å². The first kappa shape index (κ1) is 11.4. The van der Waals surface area contributed by atoms with E-state index in [1.165, 1.54) is 0 Å². The summed E-state index contributed by atoms with van der Waals surface area (Å²) in [7, 11) is 1.98. The van der Waals surface area contributed by atoms with E-state index in [0.29, 0.717) is 0 Å². The molecular formula is C9H7F3O3. The maximum Gasteiger partial charge on any atom is 0.344 e. The fourth-order valence-corrected chi connectivity index (χ4v) is 1.06. The Labute approximate surface area is 83.4 Å². The Morgan fingerprint density at radius 3 is 2.27 bits per heavy atom. The smallest absolute Gasteiger partial charge is 0.344 e. The van der Waals surface area contributed by atoms with Crippen LogP contribution in [0.2, 0.25) is 0 Å². The van der Waals surface area contributed by atoms with Crippen molar-refractivity contribution in [2.45, 2.75) is 0 Å². The van der Waals surface area contributed by atoms with E-state index in [1.807, 2.05) is 0 Å². The summed E-state index contributed by atoms with van der Waals surface area (Å²) in [4.78, 5) is 11.0. The monoisotopic (exact) mass is 220 g/mol. The zero-order chi connectivity index (χ0) is 11.6. The first-order valence-electron chi connectivity index (χ1n) is 3.82. The largest absolute Gasteiger partial charge is 0.493 e. The summed E-state index contributed by atoms with van der Waals surface area (Å²) < 4.78 is 47.5. The SMILES string of the molecule is COC(=O)c1c(F)cc(F)c(F)c1OC. The maximum atomic E-state index is 13.1. The average Bonchev–Trinajstić information content (AvgIpc) is 2.21. The van der Waals surface area contributed by atoms with Gasteiger partial charge in [-0.15, -0.1) is 0 Å². The minimum atomic E-state index is -1.43. The highest BCUT2D eigenvalue weighted by atomic mass is 19.2. The summed E-state index contributed by atoms with van der Waals surface area (Å²) in [5.41, 5.74) is -0.765. The summed E-state index contributed by atoms with van der Waals surface area (Å²) in [5, 5.41) is 0. The molecule has 0 aliphatic rings. The molecule has 0 radical (unpaired) electrons. The van der Waals surface area contributed by atoms with E-state index in [-0.39, 0.29) is 6.07 Å². The van der Waals surface area contributed by atoms with Crippen LogP contribution in [0.4, 0.5) is 13.2 Å². The highest BCUT2D eigenvalue weighted by Gasteiger charge is 2.25. The minimum Gasteiger partial charge on any atom is -0.493 e. The third kappa shape index (κ3) is 1.88. The summed E-state index contributed by atoms with van der Waals surface area (Å²) in [6.45, 7) is 0. The molecule has 0 fully saturated rings. The van der Waals surface area contributed by atoms with Crippen molar-refractivity contribution < 1.29 is 27.4 Å². The number of hydrogen-bond acceptors (Lipinski definition) is 3. The van der Waals surface area contributed by atoms with Crippen LogP contribution in [0.5, 0.6) is 5.75 Å². The topological polar surface area (TPSA) is 35.5 Å². The Kier molecular flexibility index (Phi) is 3.18. The molecule has 0 spiro atoms. The van der Waals surface area contributed by atoms with Crippen molar-refractivity contribution in [3.8, 4) is 5.75 Å². The second-order valence-corrected chi connectivity index (χ2v) is 2.55. The lowest BCUT2D eigenvalue weighted by Gasteiger charge is -2.09. The number of methoxy groups -OCH3 is 2. The second kappa shape index (κ2) is 4.20. The first-order chi connectivity index (χ1) is 7.02. The Bertz CT molecular complexity index is 404. The van der Waals surface area contributed by atoms with Crippen molar-refractivity contribution in [1.29, 1.82) is 0 Å². The highest BCUT2D eigenvalue weighted by Crippen LogP contribution is 2.28. The van der Waals surface area contributed by atoms with Crippen molar-refractivity contribution in [3.05, 3.63) is 29.1 Å². The fraction of sp³-hybridized carbons (Fsp3) is 0.222. The molecule has 0 amide bonds. The van der Waals surface area contributed by atoms with Gasteiger partial charge in [-0.1, -0.05) is 0 Å². The number of rotatable bonds is 2. The average molecular weight is 220 g/mol. The molecule has 0 saturated carbocycles. The van der Waals surface area contributed by atoms with Crippen molar-refractivity contribution in [1.82, 2.24) is 0 Å². The standard InChI is InChI=1S/C9H7F3O3/c1-14-8-6(9(13)15-2)4(10)3-5(11)7(8)12/h3H,1-2H3. The lowest BCUT2D eigenvalue weighted by molar-refractivity contribution is 0.0590. The molecule has 0 aromatic heterocycles. The van der Waals surface area contributed by atoms with Gasteiger partial charge in [0.25, 0.3) is 0 Å². The van der Waals surface area contributed by atoms with Crippen LogP contribution in [-0.2, 0) is 4.74 Å². The van der Waals surface area contributed by atoms with Crippen LogP contribution in [0.1, 0.15) is 10.4 Å². The van der Waals surface area contributed by atoms with E-state index in [2.05, 4.69) is 9.47 Å². The number of carbonyl (C=O) groups is 1. The third-order valence-electron chi connectivity index (χ3n) is 1.72. The molecule has 3 nitrogen and oxygen atoms in total. The summed E-state index contributed by atoms with van der Waals surface area (Å²) in [6.07, 6.45) is 0. The molecular weight excluding hydrogens is 213 g/mol. The Balaban J connectivity index is 3.49. The lowest BCUT2D eigenvalue weighted by Crippen LogP contribution is -2.10. The maximum absolute atomic E-state index is 13.1. The molecule has 0 heterocycles. The Morgan fingerprint density at radius 1 is 1.20 bits per heavy atom. The van der Waals surface area contributed by atoms with Crippen LogP contribution >= 0.6 is 0 Å². The number of hydrogen-bond donors (Lipinski definition) is 0. The summed E-state index contributed by atoms with van der Waals surface area (Å²) >= 11 is 0. The van der Waals surface area contributed by atoms with Crippen molar-refractivity contribution in [2.24, 2.45) is 0 Å². The van der Waals surface area contributed by atoms with Gasteiger partial charge in [0, 0.05) is 6.07 Å². The molecule has 0 aliphatic heterocycles. The van der Waals surface area contributed by atoms with Gasteiger partial charge in [-0.25, -0.2) is 13.6 Å². The van der Waals surface area contributed by atoms with Crippen LogP contribution in [0.25, 0.3) is 0 Å². The van der Waals surface area contributed by atoms with Gasteiger partial charge in [0.15, 0.2) is 11.6 Å². The number of ether oxygens (including phenoxy) is 2. The molecule has 0 N–H and O–H groups in total. The molecule has 0 atom stereocenters. The van der Waals surface area contributed by atoms with Crippen LogP contribution < -0.4 is 4.74 Å². The fourth-order valence-electron chi connectivity index (χ4n) is 1.06. The predicted octanol–water partition coefficient (Wildman–Crippen LogP) is 1.90. The van der Waals surface area contributed by atoms with Gasteiger partial charge in [0.05, 0.1) is 14.2 Å². The number of benzene rings is 1. The molecule has 6 heteroatoms. The lowest BCUT2D eigenvalue weighted by atomic mass is 10.1. The second-order valence-electron chi connectivity index (χ2n) is 2.55. The predicted molar refractivity (Wildman–Crippen MR) is 44.2 cm³/mol. The Hall–Kier alpha value is -1.72. The van der Waals surface area contributed by atoms with Gasteiger partial charge in [-0.3, -0.25) is 0 Å². The number of carbonyl (C=O) groups excluding carboxylic acids is 1. The van der Waals surface area contributed by atoms with Gasteiger partial charge >= 0.3 is 5.97 Å². The molecule has 1 aromatic rings. The zero-order valence-corrected chi connectivity index (χ0v) is 7.94. The molecule has 0 bridgehead atoms. The number of halogens is 3. The van der Waals surface area contributed by atoms with Gasteiger partial charge in [-0.2, -0.15) is 4.39 Å². The molecule has 1 rings (SSSR count). The molecule has 0 unspecified atom stereocenters. The summed E-state index contributed by atoms with van der Waals surface area (Å²) in [5.74, 6) is -6.04. The summed E-state index contributed by atoms with van der Waals surface area (Å²) in [6, 6.07) is 0.254. The minimum absolute atomic E-state index is 0.254. The van der Waals surface area contributed by atoms with E-state index in [4.69, 9.17) is 0 Å². The van der Waals surface area contributed by atoms with Gasteiger partial charge < -0.3 is 9.47 Å². The molecule has 82 valence electrons. The van der Waals surface area contributed by atoms with E-state index in [0.717, 1.165) is 14.2 Å². The first-order valence-corrected chi connectivity index (χ1v) is 3.82. The quantitative estimate of drug-likeness (QED) is 0.564. The highest BCUT2D eigenvalue weighted by molar-refractivity contribution is 5.92. The van der Waals surface area contributed by atoms with Crippen LogP contribution in [-0.4, -0.2) is 20.2 Å². The van der Waals surface area contributed by atoms with Crippen LogP contribution in [0, 0.1) is 17.5 Å². The van der Waals surface area contributed by atoms with Crippen molar-refractivity contribution >= 4 is 5.97 Å². The van der Waals surface area contributed by atoms with E-state index >= 15 is 0 Å². The van der Waals surface area contributed by atoms with E-state index < -0.39 is 34.7 Å². The number of esters is 1. The molecule has 15 heavy (non-hydrogen) atoms. The van der Waals surface area contributed by atoms with Crippen molar-refractivity contribution in [3.63, 3.8) is 0 Å². The third-order valence-corrected chi connectivity index (χ3v) is 1.72. The zero-order valence-electron chi connectivity index (χ0n) is 7.94. The van der Waals surface area contributed by atoms with Crippen LogP contribution in [0.3, 0.4) is 0 Å². The normalized spacial score (nSPS) is 9.93. The van der Waals surface area contributed by atoms with Crippen LogP contribution in [0.15, 0.2) is 6.07 Å². The van der Waals surface area contributed by atoms with Gasteiger partial charge in [0.2, 0.25) is 5.82 Å². The molecule has 0 saturated heterocycles. The van der Waals surface area contributed by atoms with Crippen molar-refractivity contribution in [2.75, 3.05) is 14.2 Å². The van der Waals surface area contributed by atoms with E-state index in [9.17, 15) is 18.0 Å². The van der Waals surface area contributed by atoms with Gasteiger partial charge in [0.1, 0.15) is 11.4 Å². The Morgan fingerprint density at radius 2 is 1.80 bits per heavy atom.